The Balaban J connectivity index is 1.50. The van der Waals surface area contributed by atoms with Gasteiger partial charge in [0.05, 0.1) is 24.3 Å². The van der Waals surface area contributed by atoms with Crippen LogP contribution in [0, 0.1) is 0 Å². The van der Waals surface area contributed by atoms with Crippen molar-refractivity contribution in [3.8, 4) is 17.2 Å². The number of hydrogen-bond acceptors (Lipinski definition) is 7. The summed E-state index contributed by atoms with van der Waals surface area (Å²) in [6.45, 7) is 2.76. The van der Waals surface area contributed by atoms with Crippen LogP contribution in [0.15, 0.2) is 77.4 Å². The molecule has 0 atom stereocenters. The van der Waals surface area contributed by atoms with Gasteiger partial charge >= 0.3 is 11.9 Å². The maximum atomic E-state index is 12.5. The minimum Gasteiger partial charge on any atom is -0.494 e. The topological polar surface area (TPSA) is 83.4 Å². The third-order valence-corrected chi connectivity index (χ3v) is 5.61. The number of ether oxygens (including phenoxy) is 4. The lowest BCUT2D eigenvalue weighted by Gasteiger charge is -2.10. The van der Waals surface area contributed by atoms with Crippen LogP contribution in [-0.2, 0) is 9.53 Å². The highest BCUT2D eigenvalue weighted by Crippen LogP contribution is 2.31. The first kappa shape index (κ1) is 25.0. The van der Waals surface area contributed by atoms with Crippen molar-refractivity contribution in [3.63, 3.8) is 0 Å². The van der Waals surface area contributed by atoms with E-state index in [4.69, 9.17) is 30.5 Å². The summed E-state index contributed by atoms with van der Waals surface area (Å²) in [6, 6.07) is 18.7. The molecule has 0 N–H and O–H groups in total. The first-order valence-corrected chi connectivity index (χ1v) is 11.8. The first-order valence-electron chi connectivity index (χ1n) is 11.4. The van der Waals surface area contributed by atoms with E-state index in [0.29, 0.717) is 23.5 Å². The van der Waals surface area contributed by atoms with Gasteiger partial charge in [-0.15, -0.1) is 0 Å². The zero-order valence-corrected chi connectivity index (χ0v) is 20.6. The van der Waals surface area contributed by atoms with Crippen molar-refractivity contribution in [1.82, 2.24) is 0 Å². The molecule has 0 fully saturated rings. The smallest absolute Gasteiger partial charge is 0.363 e. The molecule has 1 aliphatic rings. The van der Waals surface area contributed by atoms with Crippen LogP contribution in [0.5, 0.6) is 17.2 Å². The van der Waals surface area contributed by atoms with Crippen molar-refractivity contribution in [2.45, 2.75) is 19.8 Å². The second-order valence-electron chi connectivity index (χ2n) is 7.84. The van der Waals surface area contributed by atoms with Crippen LogP contribution in [0.25, 0.3) is 6.08 Å². The van der Waals surface area contributed by atoms with Crippen molar-refractivity contribution < 1.29 is 28.5 Å². The van der Waals surface area contributed by atoms with E-state index in [1.54, 1.807) is 60.7 Å². The monoisotopic (exact) mass is 505 g/mol. The zero-order valence-electron chi connectivity index (χ0n) is 19.8. The number of methoxy groups -OCH3 is 1. The van der Waals surface area contributed by atoms with Gasteiger partial charge in [0.1, 0.15) is 5.75 Å². The Morgan fingerprint density at radius 2 is 1.83 bits per heavy atom. The quantitative estimate of drug-likeness (QED) is 0.151. The van der Waals surface area contributed by atoms with Gasteiger partial charge in [-0.3, -0.25) is 0 Å². The SMILES string of the molecule is CCCCOc1ccc(C2=N/C(=C\c3ccc(OC(=O)c4ccccc4Cl)c(OC)c3)C(=O)O2)cc1. The predicted octanol–water partition coefficient (Wildman–Crippen LogP) is 6.09. The molecule has 0 radical (unpaired) electrons. The van der Waals surface area contributed by atoms with E-state index >= 15 is 0 Å². The molecule has 0 saturated heterocycles. The fourth-order valence-corrected chi connectivity index (χ4v) is 3.57. The number of cyclic esters (lactones) is 1. The number of rotatable bonds is 9. The van der Waals surface area contributed by atoms with Crippen LogP contribution in [0.1, 0.15) is 41.3 Å². The van der Waals surface area contributed by atoms with E-state index in [1.165, 1.54) is 7.11 Å². The number of aliphatic imine (C=N–C) groups is 1. The summed E-state index contributed by atoms with van der Waals surface area (Å²) in [4.78, 5) is 29.3. The summed E-state index contributed by atoms with van der Waals surface area (Å²) in [5.41, 5.74) is 1.65. The third kappa shape index (κ3) is 5.93. The molecule has 4 rings (SSSR count). The summed E-state index contributed by atoms with van der Waals surface area (Å²) >= 11 is 6.08. The van der Waals surface area contributed by atoms with Gasteiger partial charge in [0.15, 0.2) is 17.2 Å². The van der Waals surface area contributed by atoms with E-state index in [9.17, 15) is 9.59 Å². The Morgan fingerprint density at radius 3 is 2.56 bits per heavy atom. The van der Waals surface area contributed by atoms with Gasteiger partial charge in [-0.1, -0.05) is 43.1 Å². The largest absolute Gasteiger partial charge is 0.494 e. The number of halogens is 1. The standard InChI is InChI=1S/C28H24ClNO6/c1-3-4-15-34-20-12-10-19(11-13-20)26-30-23(28(32)36-26)16-18-9-14-24(25(17-18)33-2)35-27(31)21-7-5-6-8-22(21)29/h5-14,16-17H,3-4,15H2,1-2H3/b23-16-. The average molecular weight is 506 g/mol. The zero-order chi connectivity index (χ0) is 25.5. The number of carbonyl (C=O) groups excluding carboxylic acids is 2. The normalized spacial score (nSPS) is 13.8. The molecule has 3 aromatic rings. The number of nitrogens with zero attached hydrogens (tertiary/aromatic N) is 1. The number of carbonyl (C=O) groups is 2. The molecule has 1 aliphatic heterocycles. The molecular formula is C28H24ClNO6. The summed E-state index contributed by atoms with van der Waals surface area (Å²) in [7, 11) is 1.45. The average Bonchev–Trinajstić information content (AvgIpc) is 3.25. The maximum absolute atomic E-state index is 12.5. The summed E-state index contributed by atoms with van der Waals surface area (Å²) in [5.74, 6) is 0.295. The highest BCUT2D eigenvalue weighted by molar-refractivity contribution is 6.33. The fraction of sp³-hybridized carbons (Fsp3) is 0.179. The van der Waals surface area contributed by atoms with E-state index in [0.717, 1.165) is 18.6 Å². The van der Waals surface area contributed by atoms with Crippen molar-refractivity contribution in [3.05, 3.63) is 94.1 Å². The molecule has 0 amide bonds. The highest BCUT2D eigenvalue weighted by Gasteiger charge is 2.24. The van der Waals surface area contributed by atoms with Crippen molar-refractivity contribution in [2.75, 3.05) is 13.7 Å². The van der Waals surface area contributed by atoms with Crippen molar-refractivity contribution >= 4 is 35.5 Å². The molecule has 1 heterocycles. The Bertz CT molecular complexity index is 1330. The second-order valence-corrected chi connectivity index (χ2v) is 8.25. The van der Waals surface area contributed by atoms with Gasteiger partial charge in [0.25, 0.3) is 0 Å². The molecule has 184 valence electrons. The minimum atomic E-state index is -0.611. The lowest BCUT2D eigenvalue weighted by Crippen LogP contribution is -2.09. The van der Waals surface area contributed by atoms with Crippen LogP contribution in [-0.4, -0.2) is 31.6 Å². The van der Waals surface area contributed by atoms with Crippen LogP contribution in [0.4, 0.5) is 0 Å². The Kier molecular flexibility index (Phi) is 8.02. The minimum absolute atomic E-state index is 0.135. The molecule has 3 aromatic carbocycles. The molecular weight excluding hydrogens is 482 g/mol. The maximum Gasteiger partial charge on any atom is 0.363 e. The summed E-state index contributed by atoms with van der Waals surface area (Å²) in [5, 5.41) is 0.287. The second kappa shape index (κ2) is 11.6. The van der Waals surface area contributed by atoms with Gasteiger partial charge in [-0.25, -0.2) is 14.6 Å². The number of esters is 2. The van der Waals surface area contributed by atoms with Crippen LogP contribution in [0.3, 0.4) is 0 Å². The van der Waals surface area contributed by atoms with E-state index in [2.05, 4.69) is 11.9 Å². The molecule has 0 spiro atoms. The summed E-state index contributed by atoms with van der Waals surface area (Å²) in [6.07, 6.45) is 3.61. The van der Waals surface area contributed by atoms with Gasteiger partial charge in [-0.05, 0) is 66.6 Å². The van der Waals surface area contributed by atoms with Gasteiger partial charge in [0, 0.05) is 5.56 Å². The molecule has 0 aliphatic carbocycles. The lowest BCUT2D eigenvalue weighted by molar-refractivity contribution is -0.129. The Labute approximate surface area is 213 Å². The third-order valence-electron chi connectivity index (χ3n) is 5.28. The molecule has 0 saturated carbocycles. The predicted molar refractivity (Wildman–Crippen MR) is 137 cm³/mol. The van der Waals surface area contributed by atoms with Crippen molar-refractivity contribution in [1.29, 1.82) is 0 Å². The van der Waals surface area contributed by atoms with Gasteiger partial charge < -0.3 is 18.9 Å². The number of hydrogen-bond donors (Lipinski definition) is 0. The molecule has 7 nitrogen and oxygen atoms in total. The van der Waals surface area contributed by atoms with Crippen LogP contribution < -0.4 is 14.2 Å². The Hall–Kier alpha value is -4.10. The molecule has 0 unspecified atom stereocenters. The van der Waals surface area contributed by atoms with Crippen LogP contribution >= 0.6 is 11.6 Å². The van der Waals surface area contributed by atoms with E-state index < -0.39 is 11.9 Å². The highest BCUT2D eigenvalue weighted by atomic mass is 35.5. The Morgan fingerprint density at radius 1 is 1.06 bits per heavy atom. The first-order chi connectivity index (χ1) is 17.5. The van der Waals surface area contributed by atoms with Crippen molar-refractivity contribution in [2.24, 2.45) is 4.99 Å². The molecule has 0 bridgehead atoms. The van der Waals surface area contributed by atoms with E-state index in [1.807, 2.05) is 12.1 Å². The number of unbranched alkanes of at least 4 members (excludes halogenated alkanes) is 1. The fourth-order valence-electron chi connectivity index (χ4n) is 3.36. The lowest BCUT2D eigenvalue weighted by atomic mass is 10.1. The number of benzene rings is 3. The molecule has 0 aromatic heterocycles. The van der Waals surface area contributed by atoms with Gasteiger partial charge in [0.2, 0.25) is 5.90 Å². The van der Waals surface area contributed by atoms with Crippen LogP contribution in [0.2, 0.25) is 5.02 Å². The summed E-state index contributed by atoms with van der Waals surface area (Å²) < 4.78 is 21.9. The van der Waals surface area contributed by atoms with E-state index in [-0.39, 0.29) is 27.9 Å². The van der Waals surface area contributed by atoms with Gasteiger partial charge in [-0.2, -0.15) is 0 Å². The molecule has 8 heteroatoms. The molecule has 36 heavy (non-hydrogen) atoms.